The maximum atomic E-state index is 10.3. The summed E-state index contributed by atoms with van der Waals surface area (Å²) in [5.41, 5.74) is 3.13. The van der Waals surface area contributed by atoms with Gasteiger partial charge < -0.3 is 20.5 Å². The summed E-state index contributed by atoms with van der Waals surface area (Å²) >= 11 is 3.51. The van der Waals surface area contributed by atoms with Gasteiger partial charge >= 0.3 is 0 Å². The molecule has 1 heterocycles. The van der Waals surface area contributed by atoms with E-state index >= 15 is 0 Å². The number of halogens is 1. The molecule has 0 aromatic heterocycles. The Bertz CT molecular complexity index is 759. The summed E-state index contributed by atoms with van der Waals surface area (Å²) in [7, 11) is 1.67. The molecule has 4 N–H and O–H groups in total. The zero-order valence-electron chi connectivity index (χ0n) is 14.5. The number of aromatic hydroxyl groups is 1. The molecule has 0 amide bonds. The van der Waals surface area contributed by atoms with Crippen molar-refractivity contribution in [3.8, 4) is 11.5 Å². The van der Waals surface area contributed by atoms with Crippen molar-refractivity contribution in [1.82, 2.24) is 5.32 Å². The largest absolute Gasteiger partial charge is 0.507 e. The molecule has 25 heavy (non-hydrogen) atoms. The molecule has 2 unspecified atom stereocenters. The van der Waals surface area contributed by atoms with E-state index in [2.05, 4.69) is 51.7 Å². The van der Waals surface area contributed by atoms with Crippen LogP contribution in [0.5, 0.6) is 11.5 Å². The second-order valence-corrected chi connectivity index (χ2v) is 7.19. The standard InChI is InChI=1S/C20H23BrN2O2/c1-3-4-20-22-17(13-5-8-15(25-2)9-6-13)12-18(23-20)16-11-14(21)7-10-19(16)24/h5-12,18,20,22-24H,3-4H2,1-2H3/p+1. The van der Waals surface area contributed by atoms with E-state index < -0.39 is 0 Å². The van der Waals surface area contributed by atoms with Crippen molar-refractivity contribution >= 4 is 21.6 Å². The number of nitrogens with two attached hydrogens (primary N) is 1. The van der Waals surface area contributed by atoms with Crippen LogP contribution in [0, 0.1) is 0 Å². The molecule has 0 fully saturated rings. The first-order valence-electron chi connectivity index (χ1n) is 8.57. The van der Waals surface area contributed by atoms with Crippen molar-refractivity contribution in [3.63, 3.8) is 0 Å². The predicted molar refractivity (Wildman–Crippen MR) is 103 cm³/mol. The van der Waals surface area contributed by atoms with Gasteiger partial charge in [0.1, 0.15) is 17.5 Å². The van der Waals surface area contributed by atoms with Crippen molar-refractivity contribution in [2.75, 3.05) is 7.11 Å². The second kappa shape index (κ2) is 7.93. The number of nitrogens with one attached hydrogen (secondary N) is 1. The Morgan fingerprint density at radius 2 is 1.96 bits per heavy atom. The van der Waals surface area contributed by atoms with Crippen LogP contribution in [-0.2, 0) is 0 Å². The molecular formula is C20H24BrN2O2+. The van der Waals surface area contributed by atoms with Crippen LogP contribution < -0.4 is 15.4 Å². The van der Waals surface area contributed by atoms with Gasteiger partial charge in [-0.2, -0.15) is 0 Å². The molecule has 0 saturated carbocycles. The third-order valence-corrected chi connectivity index (χ3v) is 4.97. The molecule has 5 heteroatoms. The van der Waals surface area contributed by atoms with E-state index in [1.165, 1.54) is 0 Å². The summed E-state index contributed by atoms with van der Waals surface area (Å²) in [4.78, 5) is 0. The fourth-order valence-corrected chi connectivity index (χ4v) is 3.58. The predicted octanol–water partition coefficient (Wildman–Crippen LogP) is 3.54. The average molecular weight is 404 g/mol. The zero-order valence-corrected chi connectivity index (χ0v) is 16.1. The summed E-state index contributed by atoms with van der Waals surface area (Å²) in [5, 5.41) is 16.2. The van der Waals surface area contributed by atoms with Crippen LogP contribution in [0.25, 0.3) is 5.70 Å². The summed E-state index contributed by atoms with van der Waals surface area (Å²) in [6, 6.07) is 13.7. The molecule has 0 spiro atoms. The lowest BCUT2D eigenvalue weighted by Crippen LogP contribution is -2.94. The number of benzene rings is 2. The van der Waals surface area contributed by atoms with Gasteiger partial charge in [-0.05, 0) is 54.4 Å². The fourth-order valence-electron chi connectivity index (χ4n) is 3.20. The molecule has 3 rings (SSSR count). The van der Waals surface area contributed by atoms with Gasteiger partial charge in [0.25, 0.3) is 0 Å². The van der Waals surface area contributed by atoms with Crippen molar-refractivity contribution < 1.29 is 15.2 Å². The lowest BCUT2D eigenvalue weighted by Gasteiger charge is -2.29. The molecule has 0 aliphatic carbocycles. The molecule has 0 saturated heterocycles. The van der Waals surface area contributed by atoms with Crippen molar-refractivity contribution in [1.29, 1.82) is 0 Å². The Labute approximate surface area is 157 Å². The lowest BCUT2D eigenvalue weighted by molar-refractivity contribution is -0.724. The van der Waals surface area contributed by atoms with Crippen LogP contribution in [0.4, 0.5) is 0 Å². The number of ether oxygens (including phenoxy) is 1. The summed E-state index contributed by atoms with van der Waals surface area (Å²) in [5.74, 6) is 1.17. The van der Waals surface area contributed by atoms with Gasteiger partial charge in [0.15, 0.2) is 6.17 Å². The number of phenolic OH excluding ortho intramolecular Hbond substituents is 1. The highest BCUT2D eigenvalue weighted by Gasteiger charge is 2.27. The maximum Gasteiger partial charge on any atom is 0.159 e. The van der Waals surface area contributed by atoms with Crippen LogP contribution in [0.15, 0.2) is 53.0 Å². The molecule has 2 aromatic carbocycles. The molecule has 1 aliphatic rings. The monoisotopic (exact) mass is 403 g/mol. The maximum absolute atomic E-state index is 10.3. The van der Waals surface area contributed by atoms with Gasteiger partial charge in [-0.25, -0.2) is 0 Å². The smallest absolute Gasteiger partial charge is 0.159 e. The summed E-state index contributed by atoms with van der Waals surface area (Å²) in [6.45, 7) is 2.19. The number of methoxy groups -OCH3 is 1. The van der Waals surface area contributed by atoms with Crippen LogP contribution in [0.2, 0.25) is 0 Å². The first-order chi connectivity index (χ1) is 12.1. The normalized spacial score (nSPS) is 19.9. The average Bonchev–Trinajstić information content (AvgIpc) is 2.64. The van der Waals surface area contributed by atoms with Gasteiger partial charge in [0, 0.05) is 22.7 Å². The lowest BCUT2D eigenvalue weighted by atomic mass is 9.98. The van der Waals surface area contributed by atoms with Crippen LogP contribution in [0.1, 0.15) is 36.9 Å². The van der Waals surface area contributed by atoms with Crippen molar-refractivity contribution in [2.45, 2.75) is 32.0 Å². The molecule has 0 bridgehead atoms. The summed E-state index contributed by atoms with van der Waals surface area (Å²) < 4.78 is 6.22. The van der Waals surface area contributed by atoms with Crippen LogP contribution in [0.3, 0.4) is 0 Å². The molecule has 2 atom stereocenters. The van der Waals surface area contributed by atoms with Crippen molar-refractivity contribution in [2.24, 2.45) is 0 Å². The van der Waals surface area contributed by atoms with E-state index in [9.17, 15) is 5.11 Å². The zero-order chi connectivity index (χ0) is 17.8. The number of hydrogen-bond acceptors (Lipinski definition) is 3. The van der Waals surface area contributed by atoms with Gasteiger partial charge in [-0.15, -0.1) is 0 Å². The van der Waals surface area contributed by atoms with E-state index in [0.29, 0.717) is 5.75 Å². The highest BCUT2D eigenvalue weighted by Crippen LogP contribution is 2.30. The first-order valence-corrected chi connectivity index (χ1v) is 9.36. The van der Waals surface area contributed by atoms with E-state index in [1.54, 1.807) is 13.2 Å². The van der Waals surface area contributed by atoms with Gasteiger partial charge in [-0.1, -0.05) is 22.9 Å². The third-order valence-electron chi connectivity index (χ3n) is 4.48. The minimum absolute atomic E-state index is 0.0624. The topological polar surface area (TPSA) is 58.1 Å². The fraction of sp³-hybridized carbons (Fsp3) is 0.300. The van der Waals surface area contributed by atoms with Crippen LogP contribution >= 0.6 is 15.9 Å². The Kier molecular flexibility index (Phi) is 5.66. The molecule has 1 aliphatic heterocycles. The Hall–Kier alpha value is -1.98. The minimum Gasteiger partial charge on any atom is -0.507 e. The third kappa shape index (κ3) is 4.17. The van der Waals surface area contributed by atoms with E-state index in [1.807, 2.05) is 24.3 Å². The Morgan fingerprint density at radius 1 is 1.20 bits per heavy atom. The number of quaternary nitrogens is 1. The van der Waals surface area contributed by atoms with Gasteiger partial charge in [0.2, 0.25) is 0 Å². The van der Waals surface area contributed by atoms with E-state index in [4.69, 9.17) is 4.74 Å². The number of hydrogen-bond donors (Lipinski definition) is 3. The molecular weight excluding hydrogens is 380 g/mol. The Balaban J connectivity index is 1.97. The molecule has 0 radical (unpaired) electrons. The number of rotatable bonds is 5. The van der Waals surface area contributed by atoms with Gasteiger partial charge in [0.05, 0.1) is 12.7 Å². The Morgan fingerprint density at radius 3 is 2.64 bits per heavy atom. The highest BCUT2D eigenvalue weighted by atomic mass is 79.9. The molecule has 4 nitrogen and oxygen atoms in total. The second-order valence-electron chi connectivity index (χ2n) is 6.27. The van der Waals surface area contributed by atoms with Crippen LogP contribution in [-0.4, -0.2) is 18.4 Å². The SMILES string of the molecule is CCCC1NC(c2ccc(OC)cc2)=CC(c2cc(Br)ccc2O)[NH2+]1. The first kappa shape index (κ1) is 17.8. The van der Waals surface area contributed by atoms with E-state index in [0.717, 1.165) is 39.9 Å². The number of phenols is 1. The quantitative estimate of drug-likeness (QED) is 0.715. The molecule has 132 valence electrons. The summed E-state index contributed by atoms with van der Waals surface area (Å²) in [6.07, 6.45) is 4.60. The highest BCUT2D eigenvalue weighted by molar-refractivity contribution is 9.10. The molecule has 2 aromatic rings. The minimum atomic E-state index is 0.0624. The van der Waals surface area contributed by atoms with Gasteiger partial charge in [-0.3, -0.25) is 0 Å². The van der Waals surface area contributed by atoms with E-state index in [-0.39, 0.29) is 12.2 Å². The van der Waals surface area contributed by atoms with Crippen molar-refractivity contribution in [3.05, 3.63) is 64.1 Å².